The Kier molecular flexibility index (Phi) is 8.68. The van der Waals surface area contributed by atoms with E-state index in [-0.39, 0.29) is 24.2 Å². The lowest BCUT2D eigenvalue weighted by Gasteiger charge is -2.37. The summed E-state index contributed by atoms with van der Waals surface area (Å²) in [6.07, 6.45) is 8.03. The van der Waals surface area contributed by atoms with Gasteiger partial charge >= 0.3 is 0 Å². The Hall–Kier alpha value is -5.42. The van der Waals surface area contributed by atoms with E-state index < -0.39 is 5.41 Å². The van der Waals surface area contributed by atoms with Gasteiger partial charge in [0.1, 0.15) is 5.82 Å². The van der Waals surface area contributed by atoms with Crippen molar-refractivity contribution in [1.82, 2.24) is 30.0 Å². The molecule has 11 heteroatoms. The fourth-order valence-electron chi connectivity index (χ4n) is 6.79. The molecule has 244 valence electrons. The normalized spacial score (nSPS) is 18.3. The molecule has 0 saturated carbocycles. The van der Waals surface area contributed by atoms with Crippen molar-refractivity contribution in [3.05, 3.63) is 104 Å². The summed E-state index contributed by atoms with van der Waals surface area (Å²) in [5.74, 6) is -0.324. The van der Waals surface area contributed by atoms with Crippen LogP contribution in [0, 0.1) is 11.2 Å². The van der Waals surface area contributed by atoms with Gasteiger partial charge in [-0.15, -0.1) is 6.58 Å². The zero-order chi connectivity index (χ0) is 33.1. The number of carbonyl (C=O) groups is 2. The number of nitrogens with one attached hydrogen (secondary N) is 2. The Bertz CT molecular complexity index is 1920. The Morgan fingerprint density at radius 2 is 1.73 bits per heavy atom. The van der Waals surface area contributed by atoms with Gasteiger partial charge in [0, 0.05) is 73.0 Å². The average molecular weight is 645 g/mol. The molecule has 7 rings (SSSR count). The molecule has 2 fully saturated rings. The average Bonchev–Trinajstić information content (AvgIpc) is 3.74. The molecule has 2 saturated heterocycles. The van der Waals surface area contributed by atoms with Crippen LogP contribution in [0.5, 0.6) is 0 Å². The minimum Gasteiger partial charge on any atom is -0.368 e. The van der Waals surface area contributed by atoms with Gasteiger partial charge in [-0.3, -0.25) is 29.6 Å². The predicted molar refractivity (Wildman–Crippen MR) is 185 cm³/mol. The van der Waals surface area contributed by atoms with Gasteiger partial charge in [-0.1, -0.05) is 18.2 Å². The number of halogens is 1. The van der Waals surface area contributed by atoms with Crippen LogP contribution < -0.4 is 10.2 Å². The van der Waals surface area contributed by atoms with Gasteiger partial charge in [0.05, 0.1) is 35.1 Å². The zero-order valence-electron chi connectivity index (χ0n) is 26.6. The van der Waals surface area contributed by atoms with E-state index >= 15 is 0 Å². The first-order valence-corrected chi connectivity index (χ1v) is 16.2. The number of aromatic nitrogens is 4. The molecule has 10 nitrogen and oxygen atoms in total. The molecule has 0 aliphatic carbocycles. The standard InChI is InChI=1S/C37H37FN8O2/c1-2-13-37(36(48)41-29-9-12-32-31(22-29)35(43-42-32)27-3-7-28(38)8-4-27)14-17-44(25-37)24-34(47)46-20-18-45(19-21-46)30-10-5-26(6-11-30)33-23-39-15-16-40-33/h2-12,15-16,22-23H,1,13-14,17-21,24-25H2,(H,41,48)(H,42,43). The lowest BCUT2D eigenvalue weighted by atomic mass is 9.82. The van der Waals surface area contributed by atoms with Crippen LogP contribution in [0.25, 0.3) is 33.4 Å². The third kappa shape index (κ3) is 6.41. The minimum absolute atomic E-state index is 0.0844. The Morgan fingerprint density at radius 1 is 0.958 bits per heavy atom. The number of nitrogens with zero attached hydrogens (tertiary/aromatic N) is 6. The second kappa shape index (κ2) is 13.4. The van der Waals surface area contributed by atoms with Crippen LogP contribution in [-0.4, -0.2) is 87.6 Å². The monoisotopic (exact) mass is 644 g/mol. The highest BCUT2D eigenvalue weighted by atomic mass is 19.1. The highest BCUT2D eigenvalue weighted by Crippen LogP contribution is 2.37. The largest absolute Gasteiger partial charge is 0.368 e. The number of fused-ring (bicyclic) bond motifs is 1. The number of carbonyl (C=O) groups excluding carboxylic acids is 2. The zero-order valence-corrected chi connectivity index (χ0v) is 26.6. The summed E-state index contributed by atoms with van der Waals surface area (Å²) >= 11 is 0. The maximum absolute atomic E-state index is 13.8. The summed E-state index contributed by atoms with van der Waals surface area (Å²) < 4.78 is 13.5. The fraction of sp³-hybridized carbons (Fsp3) is 0.270. The number of anilines is 2. The summed E-state index contributed by atoms with van der Waals surface area (Å²) in [7, 11) is 0. The van der Waals surface area contributed by atoms with Crippen molar-refractivity contribution in [2.75, 3.05) is 56.0 Å². The van der Waals surface area contributed by atoms with Crippen LogP contribution >= 0.6 is 0 Å². The SMILES string of the molecule is C=CCC1(C(=O)Nc2ccc3[nH]nc(-c4ccc(F)cc4)c3c2)CCN(CC(=O)N2CCN(c3ccc(-c4cnccn4)cc3)CC2)C1. The smallest absolute Gasteiger partial charge is 0.236 e. The van der Waals surface area contributed by atoms with Crippen molar-refractivity contribution in [3.63, 3.8) is 0 Å². The molecule has 0 bridgehead atoms. The molecular weight excluding hydrogens is 607 g/mol. The first-order valence-electron chi connectivity index (χ1n) is 16.2. The lowest BCUT2D eigenvalue weighted by Crippen LogP contribution is -2.51. The number of hydrogen-bond donors (Lipinski definition) is 2. The number of hydrogen-bond acceptors (Lipinski definition) is 7. The summed E-state index contributed by atoms with van der Waals surface area (Å²) in [6.45, 7) is 8.14. The molecule has 2 aromatic heterocycles. The number of piperazine rings is 1. The third-order valence-electron chi connectivity index (χ3n) is 9.47. The van der Waals surface area contributed by atoms with Crippen molar-refractivity contribution in [3.8, 4) is 22.5 Å². The van der Waals surface area contributed by atoms with Crippen LogP contribution in [-0.2, 0) is 9.59 Å². The molecule has 0 spiro atoms. The Balaban J connectivity index is 0.955. The van der Waals surface area contributed by atoms with Gasteiger partial charge in [-0.2, -0.15) is 5.10 Å². The van der Waals surface area contributed by atoms with Gasteiger partial charge in [-0.05, 0) is 74.0 Å². The van der Waals surface area contributed by atoms with Gasteiger partial charge < -0.3 is 15.1 Å². The van der Waals surface area contributed by atoms with Crippen LogP contribution in [0.15, 0.2) is 98.0 Å². The van der Waals surface area contributed by atoms with Crippen molar-refractivity contribution in [2.24, 2.45) is 5.41 Å². The predicted octanol–water partition coefficient (Wildman–Crippen LogP) is 5.38. The molecular formula is C37H37FN8O2. The molecule has 1 unspecified atom stereocenters. The van der Waals surface area contributed by atoms with E-state index in [9.17, 15) is 14.0 Å². The van der Waals surface area contributed by atoms with E-state index in [1.807, 2.05) is 23.1 Å². The number of allylic oxidation sites excluding steroid dienone is 1. The Labute approximate surface area is 278 Å². The number of aromatic amines is 1. The molecule has 2 N–H and O–H groups in total. The van der Waals surface area contributed by atoms with Crippen molar-refractivity contribution in [2.45, 2.75) is 12.8 Å². The second-order valence-electron chi connectivity index (χ2n) is 12.5. The Morgan fingerprint density at radius 3 is 2.46 bits per heavy atom. The first kappa shape index (κ1) is 31.2. The molecule has 5 aromatic rings. The van der Waals surface area contributed by atoms with E-state index in [1.165, 1.54) is 12.1 Å². The highest BCUT2D eigenvalue weighted by molar-refractivity contribution is 6.00. The molecule has 1 atom stereocenters. The topological polar surface area (TPSA) is 110 Å². The molecule has 2 aliphatic rings. The number of amides is 2. The maximum Gasteiger partial charge on any atom is 0.236 e. The molecule has 48 heavy (non-hydrogen) atoms. The highest BCUT2D eigenvalue weighted by Gasteiger charge is 2.44. The van der Waals surface area contributed by atoms with E-state index in [2.05, 4.69) is 66.1 Å². The number of likely N-dealkylation sites (tertiary alicyclic amines) is 1. The molecule has 4 heterocycles. The van der Waals surface area contributed by atoms with Crippen LogP contribution in [0.2, 0.25) is 0 Å². The van der Waals surface area contributed by atoms with Crippen molar-refractivity contribution in [1.29, 1.82) is 0 Å². The first-order chi connectivity index (χ1) is 23.4. The van der Waals surface area contributed by atoms with Crippen molar-refractivity contribution >= 4 is 34.1 Å². The van der Waals surface area contributed by atoms with Gasteiger partial charge in [-0.25, -0.2) is 4.39 Å². The maximum atomic E-state index is 13.8. The van der Waals surface area contributed by atoms with Gasteiger partial charge in [0.15, 0.2) is 0 Å². The molecule has 2 aliphatic heterocycles. The molecule has 0 radical (unpaired) electrons. The van der Waals surface area contributed by atoms with Crippen molar-refractivity contribution < 1.29 is 14.0 Å². The quantitative estimate of drug-likeness (QED) is 0.207. The van der Waals surface area contributed by atoms with Gasteiger partial charge in [0.2, 0.25) is 11.8 Å². The van der Waals surface area contributed by atoms with Crippen LogP contribution in [0.1, 0.15) is 12.8 Å². The van der Waals surface area contributed by atoms with E-state index in [0.717, 1.165) is 46.5 Å². The van der Waals surface area contributed by atoms with Crippen LogP contribution in [0.3, 0.4) is 0 Å². The second-order valence-corrected chi connectivity index (χ2v) is 12.5. The summed E-state index contributed by atoms with van der Waals surface area (Å²) in [5.41, 5.74) is 5.21. The molecule has 2 amide bonds. The summed E-state index contributed by atoms with van der Waals surface area (Å²) in [4.78, 5) is 42.1. The minimum atomic E-state index is -0.691. The number of H-pyrrole nitrogens is 1. The summed E-state index contributed by atoms with van der Waals surface area (Å²) in [6, 6.07) is 20.1. The number of benzene rings is 3. The van der Waals surface area contributed by atoms with Gasteiger partial charge in [0.25, 0.3) is 0 Å². The molecule has 3 aromatic carbocycles. The summed E-state index contributed by atoms with van der Waals surface area (Å²) in [5, 5.41) is 11.4. The van der Waals surface area contributed by atoms with E-state index in [4.69, 9.17) is 0 Å². The fourth-order valence-corrected chi connectivity index (χ4v) is 6.79. The third-order valence-corrected chi connectivity index (χ3v) is 9.47. The van der Waals surface area contributed by atoms with E-state index in [1.54, 1.807) is 36.8 Å². The van der Waals surface area contributed by atoms with E-state index in [0.29, 0.717) is 50.4 Å². The van der Waals surface area contributed by atoms with Crippen LogP contribution in [0.4, 0.5) is 15.8 Å². The lowest BCUT2D eigenvalue weighted by molar-refractivity contribution is -0.133. The number of rotatable bonds is 9.